The van der Waals surface area contributed by atoms with Gasteiger partial charge in [0.2, 0.25) is 0 Å². The van der Waals surface area contributed by atoms with Crippen LogP contribution in [0, 0.1) is 0 Å². The summed E-state index contributed by atoms with van der Waals surface area (Å²) in [6.07, 6.45) is -0.401. The van der Waals surface area contributed by atoms with Crippen LogP contribution >= 0.6 is 0 Å². The molecule has 0 amide bonds. The number of likely N-dealkylation sites (N-methyl/N-ethyl adjacent to an activating group) is 1. The molecule has 1 saturated heterocycles. The van der Waals surface area contributed by atoms with Crippen LogP contribution in [0.15, 0.2) is 0 Å². The molecule has 0 aliphatic carbocycles. The number of ether oxygens (including phenoxy) is 2. The minimum absolute atomic E-state index is 0.395. The molecule has 0 radical (unpaired) electrons. The first-order valence-corrected chi connectivity index (χ1v) is 6.88. The number of methoxy groups -OCH3 is 1. The topological polar surface area (TPSA) is 45.2 Å². The van der Waals surface area contributed by atoms with Crippen molar-refractivity contribution in [1.82, 2.24) is 9.80 Å². The quantitative estimate of drug-likeness (QED) is 0.624. The Morgan fingerprint density at radius 2 is 2.11 bits per heavy atom. The van der Waals surface area contributed by atoms with Gasteiger partial charge in [0.1, 0.15) is 0 Å². The van der Waals surface area contributed by atoms with Gasteiger partial charge >= 0.3 is 0 Å². The van der Waals surface area contributed by atoms with Crippen LogP contribution in [0.25, 0.3) is 0 Å². The molecule has 0 spiro atoms. The Balaban J connectivity index is 2.14. The molecule has 18 heavy (non-hydrogen) atoms. The van der Waals surface area contributed by atoms with Crippen LogP contribution in [-0.2, 0) is 9.47 Å². The van der Waals surface area contributed by atoms with E-state index in [9.17, 15) is 5.11 Å². The van der Waals surface area contributed by atoms with Crippen molar-refractivity contribution in [3.63, 3.8) is 0 Å². The van der Waals surface area contributed by atoms with Crippen molar-refractivity contribution in [1.29, 1.82) is 0 Å². The van der Waals surface area contributed by atoms with Gasteiger partial charge in [0.15, 0.2) is 0 Å². The summed E-state index contributed by atoms with van der Waals surface area (Å²) in [5.74, 6) is 0. The molecule has 1 rings (SSSR count). The van der Waals surface area contributed by atoms with Crippen molar-refractivity contribution in [3.05, 3.63) is 0 Å². The van der Waals surface area contributed by atoms with Crippen LogP contribution < -0.4 is 0 Å². The Labute approximate surface area is 111 Å². The third kappa shape index (κ3) is 5.63. The number of aliphatic hydroxyl groups excluding tert-OH is 1. The summed E-state index contributed by atoms with van der Waals surface area (Å²) in [6.45, 7) is 10.9. The number of piperazine rings is 1. The first-order chi connectivity index (χ1) is 8.67. The Morgan fingerprint density at radius 1 is 1.33 bits per heavy atom. The fourth-order valence-corrected chi connectivity index (χ4v) is 2.42. The molecule has 1 N–H and O–H groups in total. The second-order valence-corrected chi connectivity index (χ2v) is 4.96. The van der Waals surface area contributed by atoms with Crippen LogP contribution in [0.2, 0.25) is 0 Å². The lowest BCUT2D eigenvalue weighted by Crippen LogP contribution is -2.53. The lowest BCUT2D eigenvalue weighted by atomic mass is 10.2. The lowest BCUT2D eigenvalue weighted by Gasteiger charge is -2.39. The van der Waals surface area contributed by atoms with Crippen molar-refractivity contribution < 1.29 is 14.6 Å². The summed E-state index contributed by atoms with van der Waals surface area (Å²) in [5, 5.41) is 9.89. The van der Waals surface area contributed by atoms with Crippen LogP contribution in [0.3, 0.4) is 0 Å². The van der Waals surface area contributed by atoms with Gasteiger partial charge in [-0.05, 0) is 13.5 Å². The number of hydrogen-bond acceptors (Lipinski definition) is 5. The Kier molecular flexibility index (Phi) is 7.77. The largest absolute Gasteiger partial charge is 0.389 e. The van der Waals surface area contributed by atoms with Crippen LogP contribution in [0.1, 0.15) is 13.8 Å². The monoisotopic (exact) mass is 260 g/mol. The Bertz CT molecular complexity index is 216. The van der Waals surface area contributed by atoms with Gasteiger partial charge in [0.25, 0.3) is 0 Å². The van der Waals surface area contributed by atoms with E-state index in [-0.39, 0.29) is 0 Å². The second-order valence-electron chi connectivity index (χ2n) is 4.96. The molecular weight excluding hydrogens is 232 g/mol. The van der Waals surface area contributed by atoms with Gasteiger partial charge in [-0.1, -0.05) is 6.92 Å². The predicted molar refractivity (Wildman–Crippen MR) is 71.9 cm³/mol. The summed E-state index contributed by atoms with van der Waals surface area (Å²) in [6, 6.07) is 0.574. The molecule has 2 unspecified atom stereocenters. The fourth-order valence-electron chi connectivity index (χ4n) is 2.42. The first-order valence-electron chi connectivity index (χ1n) is 6.88. The molecule has 0 saturated carbocycles. The SMILES string of the molecule is CCN1CCN(CC(O)COCCOC)CC1C. The van der Waals surface area contributed by atoms with E-state index in [4.69, 9.17) is 9.47 Å². The average Bonchev–Trinajstić information content (AvgIpc) is 2.35. The zero-order chi connectivity index (χ0) is 13.4. The zero-order valence-corrected chi connectivity index (χ0v) is 12.0. The summed E-state index contributed by atoms with van der Waals surface area (Å²) < 4.78 is 10.2. The first kappa shape index (κ1) is 15.9. The predicted octanol–water partition coefficient (Wildman–Crippen LogP) is 0.0363. The molecule has 0 aromatic carbocycles. The molecule has 1 heterocycles. The van der Waals surface area contributed by atoms with Crippen molar-refractivity contribution >= 4 is 0 Å². The van der Waals surface area contributed by atoms with Crippen LogP contribution in [0.5, 0.6) is 0 Å². The van der Waals surface area contributed by atoms with E-state index in [1.54, 1.807) is 7.11 Å². The van der Waals surface area contributed by atoms with E-state index < -0.39 is 6.10 Å². The average molecular weight is 260 g/mol. The molecule has 1 fully saturated rings. The molecule has 1 aliphatic heterocycles. The van der Waals surface area contributed by atoms with Gasteiger partial charge in [-0.2, -0.15) is 0 Å². The van der Waals surface area contributed by atoms with Crippen LogP contribution in [-0.4, -0.2) is 86.7 Å². The normalized spacial score (nSPS) is 24.3. The molecule has 2 atom stereocenters. The number of hydrogen-bond donors (Lipinski definition) is 1. The van der Waals surface area contributed by atoms with Crippen LogP contribution in [0.4, 0.5) is 0 Å². The summed E-state index contributed by atoms with van der Waals surface area (Å²) >= 11 is 0. The smallest absolute Gasteiger partial charge is 0.0900 e. The third-order valence-electron chi connectivity index (χ3n) is 3.47. The molecule has 0 bridgehead atoms. The van der Waals surface area contributed by atoms with E-state index in [1.165, 1.54) is 0 Å². The maximum absolute atomic E-state index is 9.89. The minimum Gasteiger partial charge on any atom is -0.389 e. The highest BCUT2D eigenvalue weighted by atomic mass is 16.5. The van der Waals surface area contributed by atoms with Crippen molar-refractivity contribution in [2.24, 2.45) is 0 Å². The maximum atomic E-state index is 9.89. The van der Waals surface area contributed by atoms with Crippen molar-refractivity contribution in [2.75, 3.05) is 59.7 Å². The van der Waals surface area contributed by atoms with E-state index in [2.05, 4.69) is 23.6 Å². The number of nitrogens with zero attached hydrogens (tertiary/aromatic N) is 2. The van der Waals surface area contributed by atoms with E-state index in [0.29, 0.717) is 32.4 Å². The van der Waals surface area contributed by atoms with Crippen molar-refractivity contribution in [2.45, 2.75) is 26.0 Å². The highest BCUT2D eigenvalue weighted by Crippen LogP contribution is 2.09. The minimum atomic E-state index is -0.401. The number of rotatable bonds is 8. The van der Waals surface area contributed by atoms with Gasteiger partial charge in [0, 0.05) is 39.3 Å². The van der Waals surface area contributed by atoms with E-state index in [0.717, 1.165) is 26.2 Å². The Morgan fingerprint density at radius 3 is 2.72 bits per heavy atom. The molecule has 1 aliphatic rings. The molecule has 108 valence electrons. The highest BCUT2D eigenvalue weighted by molar-refractivity contribution is 4.79. The lowest BCUT2D eigenvalue weighted by molar-refractivity contribution is -0.0121. The highest BCUT2D eigenvalue weighted by Gasteiger charge is 2.23. The summed E-state index contributed by atoms with van der Waals surface area (Å²) in [4.78, 5) is 4.79. The fraction of sp³-hybridized carbons (Fsp3) is 1.00. The number of aliphatic hydroxyl groups is 1. The standard InChI is InChI=1S/C13H28N2O3/c1-4-15-6-5-14(9-12(15)2)10-13(16)11-18-8-7-17-3/h12-13,16H,4-11H2,1-3H3. The second kappa shape index (κ2) is 8.82. The zero-order valence-electron chi connectivity index (χ0n) is 12.0. The van der Waals surface area contributed by atoms with Gasteiger partial charge in [-0.15, -0.1) is 0 Å². The molecule has 5 heteroatoms. The third-order valence-corrected chi connectivity index (χ3v) is 3.47. The van der Waals surface area contributed by atoms with E-state index >= 15 is 0 Å². The van der Waals surface area contributed by atoms with Gasteiger partial charge < -0.3 is 14.6 Å². The summed E-state index contributed by atoms with van der Waals surface area (Å²) in [7, 11) is 1.65. The van der Waals surface area contributed by atoms with Gasteiger partial charge in [-0.3, -0.25) is 9.80 Å². The molecule has 5 nitrogen and oxygen atoms in total. The molecular formula is C13H28N2O3. The Hall–Kier alpha value is -0.200. The van der Waals surface area contributed by atoms with Crippen molar-refractivity contribution in [3.8, 4) is 0 Å². The van der Waals surface area contributed by atoms with E-state index in [1.807, 2.05) is 0 Å². The number of β-amino-alcohol motifs (C(OH)–C–C–N with tert-alkyl or cyclic N) is 1. The van der Waals surface area contributed by atoms with Gasteiger partial charge in [0.05, 0.1) is 25.9 Å². The summed E-state index contributed by atoms with van der Waals surface area (Å²) in [5.41, 5.74) is 0. The maximum Gasteiger partial charge on any atom is 0.0900 e. The molecule has 0 aromatic heterocycles. The van der Waals surface area contributed by atoms with Gasteiger partial charge in [-0.25, -0.2) is 0 Å². The molecule has 0 aromatic rings.